The zero-order valence-electron chi connectivity index (χ0n) is 18.6. The van der Waals surface area contributed by atoms with Gasteiger partial charge in [0.2, 0.25) is 5.69 Å². The predicted molar refractivity (Wildman–Crippen MR) is 104 cm³/mol. The van der Waals surface area contributed by atoms with Crippen molar-refractivity contribution in [2.24, 2.45) is 17.9 Å². The summed E-state index contributed by atoms with van der Waals surface area (Å²) in [6.45, 7) is 14.7. The molecule has 0 radical (unpaired) electrons. The Hall–Kier alpha value is -1.63. The van der Waals surface area contributed by atoms with Crippen LogP contribution < -0.4 is 4.57 Å². The molecular formula is C23H34N+. The second-order valence-corrected chi connectivity index (χ2v) is 9.14. The Bertz CT molecular complexity index is 793. The van der Waals surface area contributed by atoms with Crippen molar-refractivity contribution in [1.29, 1.82) is 0 Å². The van der Waals surface area contributed by atoms with Crippen LogP contribution in [0.25, 0.3) is 11.3 Å². The molecule has 0 aliphatic heterocycles. The third kappa shape index (κ3) is 4.93. The van der Waals surface area contributed by atoms with Gasteiger partial charge in [0, 0.05) is 19.9 Å². The average molecular weight is 327 g/mol. The van der Waals surface area contributed by atoms with Gasteiger partial charge in [-0.15, -0.1) is 0 Å². The molecule has 2 aromatic rings. The highest BCUT2D eigenvalue weighted by Gasteiger charge is 2.23. The van der Waals surface area contributed by atoms with Crippen molar-refractivity contribution in [3.8, 4) is 11.3 Å². The van der Waals surface area contributed by atoms with E-state index in [1.807, 2.05) is 34.0 Å². The molecule has 0 amide bonds. The lowest BCUT2D eigenvalue weighted by atomic mass is 9.81. The van der Waals surface area contributed by atoms with Gasteiger partial charge in [-0.25, -0.2) is 4.57 Å². The van der Waals surface area contributed by atoms with Gasteiger partial charge >= 0.3 is 0 Å². The second kappa shape index (κ2) is 6.70. The van der Waals surface area contributed by atoms with Gasteiger partial charge in [0.1, 0.15) is 7.05 Å². The smallest absolute Gasteiger partial charge is 0.201 e. The van der Waals surface area contributed by atoms with Crippen molar-refractivity contribution in [1.82, 2.24) is 0 Å². The van der Waals surface area contributed by atoms with Crippen LogP contribution in [-0.4, -0.2) is 0 Å². The van der Waals surface area contributed by atoms with Gasteiger partial charge in [0.25, 0.3) is 0 Å². The van der Waals surface area contributed by atoms with Crippen molar-refractivity contribution in [3.05, 3.63) is 53.2 Å². The first-order chi connectivity index (χ1) is 11.7. The molecule has 0 bridgehead atoms. The fourth-order valence-electron chi connectivity index (χ4n) is 3.05. The van der Waals surface area contributed by atoms with E-state index < -0.39 is 11.8 Å². The highest BCUT2D eigenvalue weighted by atomic mass is 14.9. The number of hydrogen-bond donors (Lipinski definition) is 0. The lowest BCUT2D eigenvalue weighted by Crippen LogP contribution is -2.33. The van der Waals surface area contributed by atoms with Crippen LogP contribution in [0.15, 0.2) is 36.5 Å². The van der Waals surface area contributed by atoms with E-state index in [4.69, 9.17) is 2.74 Å². The summed E-state index contributed by atoms with van der Waals surface area (Å²) in [4.78, 5) is 0. The monoisotopic (exact) mass is 326 g/mol. The van der Waals surface area contributed by atoms with E-state index in [0.717, 1.165) is 23.2 Å². The van der Waals surface area contributed by atoms with Crippen LogP contribution in [0.1, 0.15) is 61.0 Å². The fourth-order valence-corrected chi connectivity index (χ4v) is 3.05. The van der Waals surface area contributed by atoms with Gasteiger partial charge in [-0.05, 0) is 47.7 Å². The molecule has 0 unspecified atom stereocenters. The van der Waals surface area contributed by atoms with E-state index in [1.165, 1.54) is 11.1 Å². The summed E-state index contributed by atoms with van der Waals surface area (Å²) in [5, 5.41) is 0. The minimum Gasteiger partial charge on any atom is -0.201 e. The Balaban J connectivity index is 2.75. The maximum Gasteiger partial charge on any atom is 0.212 e. The molecule has 0 aliphatic rings. The van der Waals surface area contributed by atoms with Crippen molar-refractivity contribution in [3.63, 3.8) is 0 Å². The summed E-state index contributed by atoms with van der Waals surface area (Å²) in [5.41, 5.74) is 5.09. The van der Waals surface area contributed by atoms with Crippen LogP contribution in [0, 0.1) is 17.8 Å². The van der Waals surface area contributed by atoms with Crippen molar-refractivity contribution < 1.29 is 7.31 Å². The van der Waals surface area contributed by atoms with Gasteiger partial charge in [0.15, 0.2) is 6.20 Å². The summed E-state index contributed by atoms with van der Waals surface area (Å²) < 4.78 is 19.7. The lowest BCUT2D eigenvalue weighted by molar-refractivity contribution is -0.660. The highest BCUT2D eigenvalue weighted by Crippen LogP contribution is 2.30. The van der Waals surface area contributed by atoms with Crippen molar-refractivity contribution >= 4 is 0 Å². The summed E-state index contributed by atoms with van der Waals surface area (Å²) in [5.74, 6) is 0. The molecule has 1 nitrogen and oxygen atoms in total. The number of aryl methyl sites for hydroxylation is 2. The lowest BCUT2D eigenvalue weighted by Gasteiger charge is -2.24. The summed E-state index contributed by atoms with van der Waals surface area (Å²) >= 11 is 0. The van der Waals surface area contributed by atoms with E-state index in [2.05, 4.69) is 62.6 Å². The summed E-state index contributed by atoms with van der Waals surface area (Å²) in [7, 11) is 2.02. The van der Waals surface area contributed by atoms with E-state index in [0.29, 0.717) is 0 Å². The van der Waals surface area contributed by atoms with E-state index in [-0.39, 0.29) is 5.41 Å². The normalized spacial score (nSPS) is 14.3. The van der Waals surface area contributed by atoms with Crippen LogP contribution in [0.3, 0.4) is 0 Å². The van der Waals surface area contributed by atoms with Gasteiger partial charge in [-0.3, -0.25) is 0 Å². The van der Waals surface area contributed by atoms with Crippen molar-refractivity contribution in [2.75, 3.05) is 0 Å². The summed E-state index contributed by atoms with van der Waals surface area (Å²) in [6, 6.07) is 10.6. The minimum absolute atomic E-state index is 0.0889. The molecule has 130 valence electrons. The fraction of sp³-hybridized carbons (Fsp3) is 0.522. The molecule has 1 heterocycles. The Kier molecular flexibility index (Phi) is 4.43. The van der Waals surface area contributed by atoms with Crippen LogP contribution in [0.2, 0.25) is 0 Å². The molecule has 2 rings (SSSR count). The number of rotatable bonds is 3. The van der Waals surface area contributed by atoms with Crippen LogP contribution in [0.4, 0.5) is 0 Å². The van der Waals surface area contributed by atoms with Gasteiger partial charge < -0.3 is 0 Å². The number of benzene rings is 1. The maximum atomic E-state index is 8.83. The molecule has 1 heteroatoms. The maximum absolute atomic E-state index is 8.83. The minimum atomic E-state index is -1.41. The number of aromatic nitrogens is 1. The molecular weight excluding hydrogens is 290 g/mol. The predicted octanol–water partition coefficient (Wildman–Crippen LogP) is 5.66. The van der Waals surface area contributed by atoms with Crippen LogP contribution in [0.5, 0.6) is 0 Å². The zero-order chi connectivity index (χ0) is 19.9. The number of nitrogens with zero attached hydrogens (tertiary/aromatic N) is 1. The second-order valence-electron chi connectivity index (χ2n) is 9.14. The molecule has 0 fully saturated rings. The van der Waals surface area contributed by atoms with Gasteiger partial charge in [0.05, 0.1) is 0 Å². The zero-order valence-corrected chi connectivity index (χ0v) is 16.6. The summed E-state index contributed by atoms with van der Waals surface area (Å²) in [6.07, 6.45) is 1.45. The Labute approximate surface area is 151 Å². The molecule has 1 aromatic carbocycles. The molecule has 24 heavy (non-hydrogen) atoms. The van der Waals surface area contributed by atoms with E-state index in [9.17, 15) is 0 Å². The molecule has 0 saturated heterocycles. The third-order valence-electron chi connectivity index (χ3n) is 4.01. The quantitative estimate of drug-likeness (QED) is 0.640. The van der Waals surface area contributed by atoms with Crippen LogP contribution >= 0.6 is 0 Å². The molecule has 0 atom stereocenters. The van der Waals surface area contributed by atoms with Crippen LogP contribution in [-0.2, 0) is 19.8 Å². The molecule has 1 aromatic heterocycles. The molecule has 0 aliphatic carbocycles. The van der Waals surface area contributed by atoms with Gasteiger partial charge in [-0.2, -0.15) is 0 Å². The molecule has 0 spiro atoms. The molecule has 0 saturated carbocycles. The Morgan fingerprint density at radius 2 is 1.58 bits per heavy atom. The van der Waals surface area contributed by atoms with Crippen molar-refractivity contribution in [2.45, 2.75) is 61.3 Å². The van der Waals surface area contributed by atoms with Gasteiger partial charge in [-0.1, -0.05) is 59.7 Å². The first-order valence-corrected chi connectivity index (χ1v) is 8.83. The largest absolute Gasteiger partial charge is 0.212 e. The molecule has 0 N–H and O–H groups in total. The van der Waals surface area contributed by atoms with E-state index >= 15 is 0 Å². The number of hydrogen-bond acceptors (Lipinski definition) is 0. The first-order valence-electron chi connectivity index (χ1n) is 9.83. The Morgan fingerprint density at radius 3 is 2.12 bits per heavy atom. The third-order valence-corrected chi connectivity index (χ3v) is 4.01. The highest BCUT2D eigenvalue weighted by molar-refractivity contribution is 5.61. The van der Waals surface area contributed by atoms with E-state index in [1.54, 1.807) is 0 Å². The average Bonchev–Trinajstić information content (AvgIpc) is 2.47. The topological polar surface area (TPSA) is 3.88 Å². The number of pyridine rings is 1. The SMILES string of the molecule is [2H]C([2H])(c1c[n+](C)c(-c2ccccc2C)cc1CC(C)(C)C)C(C)(C)C. The first kappa shape index (κ1) is 15.9. The Morgan fingerprint density at radius 1 is 0.958 bits per heavy atom. The standard InChI is InChI=1S/C23H34N/c1-17-11-9-10-12-20(17)21-13-18(14-22(2,3)4)19(16-24(21)8)15-23(5,6)7/h9-13,16H,14-15H2,1-8H3/q+1/i15D2.